The van der Waals surface area contributed by atoms with Gasteiger partial charge in [-0.1, -0.05) is 11.6 Å². The number of aryl methyl sites for hydroxylation is 1. The summed E-state index contributed by atoms with van der Waals surface area (Å²) in [6, 6.07) is 5.62. The first-order valence-electron chi connectivity index (χ1n) is 5.86. The molecule has 0 radical (unpaired) electrons. The second-order valence-electron chi connectivity index (χ2n) is 4.08. The molecule has 2 aromatic heterocycles. The van der Waals surface area contributed by atoms with Crippen LogP contribution in [0.3, 0.4) is 0 Å². The largest absolute Gasteiger partial charge is 0.387 e. The number of hydrogen-bond donors (Lipinski definition) is 2. The molecule has 0 spiro atoms. The van der Waals surface area contributed by atoms with Crippen LogP contribution < -0.4 is 5.32 Å². The molecule has 0 fully saturated rings. The number of nitrogens with one attached hydrogen (secondary N) is 1. The van der Waals surface area contributed by atoms with Gasteiger partial charge in [0.1, 0.15) is 0 Å². The molecule has 0 aliphatic heterocycles. The molecule has 1 unspecified atom stereocenters. The Hall–Kier alpha value is -0.880. The number of carbonyl (C=O) groups is 1. The van der Waals surface area contributed by atoms with E-state index in [-0.39, 0.29) is 12.5 Å². The fourth-order valence-corrected chi connectivity index (χ4v) is 3.40. The number of amides is 1. The number of rotatable bonds is 6. The molecule has 0 aliphatic rings. The molecule has 0 saturated carbocycles. The van der Waals surface area contributed by atoms with Crippen LogP contribution in [0.15, 0.2) is 29.0 Å². The molecule has 0 bridgehead atoms. The van der Waals surface area contributed by atoms with Crippen LogP contribution in [0.25, 0.3) is 0 Å². The van der Waals surface area contributed by atoms with Gasteiger partial charge in [0.15, 0.2) is 0 Å². The van der Waals surface area contributed by atoms with Crippen molar-refractivity contribution in [1.29, 1.82) is 0 Å². The number of aliphatic hydroxyl groups excluding tert-OH is 1. The van der Waals surface area contributed by atoms with Crippen LogP contribution in [0, 0.1) is 0 Å². The summed E-state index contributed by atoms with van der Waals surface area (Å²) >= 11 is 8.84. The van der Waals surface area contributed by atoms with E-state index < -0.39 is 6.10 Å². The van der Waals surface area contributed by atoms with Gasteiger partial charge in [0.05, 0.1) is 10.4 Å². The first-order chi connectivity index (χ1) is 9.15. The number of thiophene rings is 2. The zero-order valence-electron chi connectivity index (χ0n) is 10.1. The van der Waals surface area contributed by atoms with E-state index in [0.29, 0.717) is 12.8 Å². The third-order valence-electron chi connectivity index (χ3n) is 2.65. The maximum absolute atomic E-state index is 11.6. The highest BCUT2D eigenvalue weighted by Gasteiger charge is 2.10. The van der Waals surface area contributed by atoms with Gasteiger partial charge in [-0.05, 0) is 40.9 Å². The van der Waals surface area contributed by atoms with Gasteiger partial charge in [0.2, 0.25) is 5.91 Å². The number of halogens is 1. The number of hydrogen-bond acceptors (Lipinski definition) is 4. The lowest BCUT2D eigenvalue weighted by molar-refractivity contribution is -0.121. The monoisotopic (exact) mass is 315 g/mol. The predicted molar refractivity (Wildman–Crippen MR) is 79.9 cm³/mol. The van der Waals surface area contributed by atoms with E-state index in [1.807, 2.05) is 29.0 Å². The summed E-state index contributed by atoms with van der Waals surface area (Å²) in [6.07, 6.45) is 0.455. The lowest BCUT2D eigenvalue weighted by Gasteiger charge is -2.10. The van der Waals surface area contributed by atoms with Crippen LogP contribution in [0.4, 0.5) is 0 Å². The summed E-state index contributed by atoms with van der Waals surface area (Å²) in [6.45, 7) is 0.251. The molecule has 0 saturated heterocycles. The second kappa shape index (κ2) is 7.05. The summed E-state index contributed by atoms with van der Waals surface area (Å²) in [4.78, 5) is 12.7. The Morgan fingerprint density at radius 3 is 2.89 bits per heavy atom. The first kappa shape index (κ1) is 14.5. The average Bonchev–Trinajstić information content (AvgIpc) is 3.04. The fourth-order valence-electron chi connectivity index (χ4n) is 1.60. The van der Waals surface area contributed by atoms with E-state index >= 15 is 0 Å². The molecule has 3 nitrogen and oxygen atoms in total. The zero-order valence-corrected chi connectivity index (χ0v) is 12.5. The summed E-state index contributed by atoms with van der Waals surface area (Å²) in [7, 11) is 0. The normalized spacial score (nSPS) is 12.3. The van der Waals surface area contributed by atoms with Crippen molar-refractivity contribution < 1.29 is 9.90 Å². The lowest BCUT2D eigenvalue weighted by Crippen LogP contribution is -2.28. The van der Waals surface area contributed by atoms with E-state index in [2.05, 4.69) is 5.32 Å². The van der Waals surface area contributed by atoms with Gasteiger partial charge in [-0.3, -0.25) is 4.79 Å². The van der Waals surface area contributed by atoms with Gasteiger partial charge in [0, 0.05) is 17.8 Å². The Kier molecular flexibility index (Phi) is 5.39. The van der Waals surface area contributed by atoms with Crippen LogP contribution in [-0.2, 0) is 11.2 Å². The van der Waals surface area contributed by atoms with Crippen LogP contribution >= 0.6 is 34.3 Å². The minimum absolute atomic E-state index is 0.0567. The van der Waals surface area contributed by atoms with E-state index in [1.54, 1.807) is 0 Å². The molecule has 1 amide bonds. The van der Waals surface area contributed by atoms with Gasteiger partial charge in [-0.25, -0.2) is 0 Å². The molecule has 2 heterocycles. The van der Waals surface area contributed by atoms with Crippen molar-refractivity contribution in [2.75, 3.05) is 6.54 Å². The molecular weight excluding hydrogens is 302 g/mol. The summed E-state index contributed by atoms with van der Waals surface area (Å²) in [5.74, 6) is -0.0567. The summed E-state index contributed by atoms with van der Waals surface area (Å²) in [5.41, 5.74) is 0.843. The number of aliphatic hydroxyl groups is 1. The van der Waals surface area contributed by atoms with Crippen molar-refractivity contribution in [1.82, 2.24) is 5.32 Å². The van der Waals surface area contributed by atoms with E-state index in [0.717, 1.165) is 14.8 Å². The molecule has 0 aliphatic carbocycles. The van der Waals surface area contributed by atoms with Crippen molar-refractivity contribution >= 4 is 40.2 Å². The highest BCUT2D eigenvalue weighted by molar-refractivity contribution is 7.16. The maximum atomic E-state index is 11.6. The molecule has 6 heteroatoms. The molecular formula is C13H14ClNO2S2. The standard InChI is InChI=1S/C13H14ClNO2S2/c14-12-3-1-10(19-12)2-4-13(17)15-7-11(16)9-5-6-18-8-9/h1,3,5-6,8,11,16H,2,4,7H2,(H,15,17). The van der Waals surface area contributed by atoms with Crippen LogP contribution in [0.5, 0.6) is 0 Å². The van der Waals surface area contributed by atoms with Gasteiger partial charge in [0.25, 0.3) is 0 Å². The predicted octanol–water partition coefficient (Wildman–Crippen LogP) is 3.25. The molecule has 19 heavy (non-hydrogen) atoms. The van der Waals surface area contributed by atoms with Gasteiger partial charge >= 0.3 is 0 Å². The zero-order chi connectivity index (χ0) is 13.7. The second-order valence-corrected chi connectivity index (χ2v) is 6.66. The minimum Gasteiger partial charge on any atom is -0.387 e. The Morgan fingerprint density at radius 2 is 2.26 bits per heavy atom. The highest BCUT2D eigenvalue weighted by Crippen LogP contribution is 2.22. The third-order valence-corrected chi connectivity index (χ3v) is 4.64. The minimum atomic E-state index is -0.633. The Morgan fingerprint density at radius 1 is 1.42 bits per heavy atom. The molecule has 1 atom stereocenters. The van der Waals surface area contributed by atoms with Crippen molar-refractivity contribution in [3.63, 3.8) is 0 Å². The average molecular weight is 316 g/mol. The Balaban J connectivity index is 1.70. The van der Waals surface area contributed by atoms with Crippen LogP contribution in [-0.4, -0.2) is 17.6 Å². The summed E-state index contributed by atoms with van der Waals surface area (Å²) < 4.78 is 0.739. The maximum Gasteiger partial charge on any atom is 0.220 e. The SMILES string of the molecule is O=C(CCc1ccc(Cl)s1)NCC(O)c1ccsc1. The molecule has 102 valence electrons. The fraction of sp³-hybridized carbons (Fsp3) is 0.308. The Labute approximate surface area is 124 Å². The number of carbonyl (C=O) groups excluding carboxylic acids is 1. The highest BCUT2D eigenvalue weighted by atomic mass is 35.5. The van der Waals surface area contributed by atoms with Crippen LogP contribution in [0.2, 0.25) is 4.34 Å². The molecule has 0 aromatic carbocycles. The summed E-state index contributed by atoms with van der Waals surface area (Å²) in [5, 5.41) is 16.3. The molecule has 2 rings (SSSR count). The van der Waals surface area contributed by atoms with Crippen molar-refractivity contribution in [3.8, 4) is 0 Å². The quantitative estimate of drug-likeness (QED) is 0.859. The van der Waals surface area contributed by atoms with Crippen molar-refractivity contribution in [3.05, 3.63) is 43.7 Å². The van der Waals surface area contributed by atoms with Crippen molar-refractivity contribution in [2.24, 2.45) is 0 Å². The van der Waals surface area contributed by atoms with E-state index in [9.17, 15) is 9.90 Å². The third kappa shape index (κ3) is 4.62. The van der Waals surface area contributed by atoms with Crippen molar-refractivity contribution in [2.45, 2.75) is 18.9 Å². The van der Waals surface area contributed by atoms with Gasteiger partial charge in [-0.15, -0.1) is 11.3 Å². The Bertz CT molecular complexity index is 524. The van der Waals surface area contributed by atoms with E-state index in [1.165, 1.54) is 22.7 Å². The lowest BCUT2D eigenvalue weighted by atomic mass is 10.2. The van der Waals surface area contributed by atoms with E-state index in [4.69, 9.17) is 11.6 Å². The van der Waals surface area contributed by atoms with Crippen LogP contribution in [0.1, 0.15) is 23.0 Å². The smallest absolute Gasteiger partial charge is 0.220 e. The van der Waals surface area contributed by atoms with Gasteiger partial charge in [-0.2, -0.15) is 11.3 Å². The molecule has 2 N–H and O–H groups in total. The van der Waals surface area contributed by atoms with Gasteiger partial charge < -0.3 is 10.4 Å². The first-order valence-corrected chi connectivity index (χ1v) is 8.00. The topological polar surface area (TPSA) is 49.3 Å². The molecule has 2 aromatic rings.